The van der Waals surface area contributed by atoms with Gasteiger partial charge < -0.3 is 0 Å². The molecule has 0 aromatic heterocycles. The summed E-state index contributed by atoms with van der Waals surface area (Å²) in [5.41, 5.74) is 5.93. The van der Waals surface area contributed by atoms with Crippen molar-refractivity contribution < 1.29 is 14.0 Å². The van der Waals surface area contributed by atoms with Gasteiger partial charge in [0, 0.05) is 5.56 Å². The minimum atomic E-state index is -0.701. The van der Waals surface area contributed by atoms with Gasteiger partial charge in [-0.1, -0.05) is 38.1 Å². The number of nitrogens with one attached hydrogen (secondary N) is 2. The van der Waals surface area contributed by atoms with Gasteiger partial charge in [-0.25, -0.2) is 4.39 Å². The molecule has 23 heavy (non-hydrogen) atoms. The molecule has 0 heterocycles. The highest BCUT2D eigenvalue weighted by molar-refractivity contribution is 5.99. The van der Waals surface area contributed by atoms with E-state index in [9.17, 15) is 14.0 Å². The first-order valence-corrected chi connectivity index (χ1v) is 7.41. The Balaban J connectivity index is 1.94. The molecule has 2 aromatic rings. The Morgan fingerprint density at radius 2 is 1.57 bits per heavy atom. The molecule has 0 aliphatic rings. The SMILES string of the molecule is CC(C)Cc1ccc(C(=O)NNC(=O)c2ccccc2F)cc1. The van der Waals surface area contributed by atoms with Gasteiger partial charge in [-0.15, -0.1) is 0 Å². The number of carbonyl (C=O) groups excluding carboxylic acids is 2. The summed E-state index contributed by atoms with van der Waals surface area (Å²) >= 11 is 0. The van der Waals surface area contributed by atoms with Gasteiger partial charge in [-0.2, -0.15) is 0 Å². The molecule has 2 N–H and O–H groups in total. The number of amides is 2. The maximum Gasteiger partial charge on any atom is 0.272 e. The molecule has 0 atom stereocenters. The van der Waals surface area contributed by atoms with Crippen LogP contribution in [-0.4, -0.2) is 11.8 Å². The number of rotatable bonds is 4. The van der Waals surface area contributed by atoms with E-state index in [1.54, 1.807) is 18.2 Å². The fourth-order valence-electron chi connectivity index (χ4n) is 2.16. The predicted octanol–water partition coefficient (Wildman–Crippen LogP) is 3.10. The summed E-state index contributed by atoms with van der Waals surface area (Å²) < 4.78 is 13.5. The fraction of sp³-hybridized carbons (Fsp3) is 0.222. The first-order chi connectivity index (χ1) is 11.0. The van der Waals surface area contributed by atoms with Crippen molar-refractivity contribution in [3.63, 3.8) is 0 Å². The summed E-state index contributed by atoms with van der Waals surface area (Å²) in [4.78, 5) is 23.8. The van der Waals surface area contributed by atoms with E-state index in [0.29, 0.717) is 11.5 Å². The monoisotopic (exact) mass is 314 g/mol. The van der Waals surface area contributed by atoms with Gasteiger partial charge in [0.2, 0.25) is 0 Å². The van der Waals surface area contributed by atoms with Crippen molar-refractivity contribution in [2.45, 2.75) is 20.3 Å². The maximum absolute atomic E-state index is 13.5. The zero-order valence-electron chi connectivity index (χ0n) is 13.1. The maximum atomic E-state index is 13.5. The van der Waals surface area contributed by atoms with Gasteiger partial charge in [0.1, 0.15) is 5.82 Å². The highest BCUT2D eigenvalue weighted by Gasteiger charge is 2.12. The lowest BCUT2D eigenvalue weighted by atomic mass is 10.0. The van der Waals surface area contributed by atoms with Crippen LogP contribution < -0.4 is 10.9 Å². The molecule has 5 heteroatoms. The molecule has 0 aliphatic heterocycles. The topological polar surface area (TPSA) is 58.2 Å². The van der Waals surface area contributed by atoms with Crippen molar-refractivity contribution in [2.75, 3.05) is 0 Å². The first-order valence-electron chi connectivity index (χ1n) is 7.41. The summed E-state index contributed by atoms with van der Waals surface area (Å²) in [5, 5.41) is 0. The van der Waals surface area contributed by atoms with Gasteiger partial charge in [-0.05, 0) is 42.2 Å². The van der Waals surface area contributed by atoms with E-state index in [1.165, 1.54) is 18.2 Å². The molecule has 0 saturated carbocycles. The number of halogens is 1. The number of benzene rings is 2. The van der Waals surface area contributed by atoms with E-state index in [1.807, 2.05) is 12.1 Å². The Morgan fingerprint density at radius 1 is 0.957 bits per heavy atom. The van der Waals surface area contributed by atoms with Crippen LogP contribution in [0.15, 0.2) is 48.5 Å². The second-order valence-corrected chi connectivity index (χ2v) is 5.68. The largest absolute Gasteiger partial charge is 0.272 e. The Hall–Kier alpha value is -2.69. The van der Waals surface area contributed by atoms with Gasteiger partial charge in [-0.3, -0.25) is 20.4 Å². The summed E-state index contributed by atoms with van der Waals surface area (Å²) in [5.74, 6) is -1.26. The lowest BCUT2D eigenvalue weighted by Gasteiger charge is -2.09. The molecule has 0 aliphatic carbocycles. The molecule has 0 radical (unpaired) electrons. The lowest BCUT2D eigenvalue weighted by Crippen LogP contribution is -2.41. The molecule has 0 fully saturated rings. The second-order valence-electron chi connectivity index (χ2n) is 5.68. The van der Waals surface area contributed by atoms with Crippen LogP contribution in [0.3, 0.4) is 0 Å². The van der Waals surface area contributed by atoms with E-state index in [2.05, 4.69) is 24.7 Å². The van der Waals surface area contributed by atoms with Crippen molar-refractivity contribution in [3.05, 3.63) is 71.0 Å². The molecule has 0 bridgehead atoms. The Labute approximate surface area is 134 Å². The lowest BCUT2D eigenvalue weighted by molar-refractivity contribution is 0.0844. The van der Waals surface area contributed by atoms with Crippen molar-refractivity contribution >= 4 is 11.8 Å². The summed E-state index contributed by atoms with van der Waals surface area (Å²) in [6, 6.07) is 12.7. The van der Waals surface area contributed by atoms with E-state index in [-0.39, 0.29) is 5.56 Å². The van der Waals surface area contributed by atoms with Crippen LogP contribution in [-0.2, 0) is 6.42 Å². The van der Waals surface area contributed by atoms with Crippen LogP contribution in [0.25, 0.3) is 0 Å². The van der Waals surface area contributed by atoms with E-state index < -0.39 is 17.6 Å². The van der Waals surface area contributed by atoms with Gasteiger partial charge >= 0.3 is 0 Å². The Kier molecular flexibility index (Phi) is 5.46. The van der Waals surface area contributed by atoms with Crippen LogP contribution in [0, 0.1) is 11.7 Å². The van der Waals surface area contributed by atoms with Crippen molar-refractivity contribution in [1.82, 2.24) is 10.9 Å². The minimum Gasteiger partial charge on any atom is -0.267 e. The normalized spacial score (nSPS) is 10.4. The number of hydrazine groups is 1. The third-order valence-electron chi connectivity index (χ3n) is 3.27. The number of carbonyl (C=O) groups is 2. The summed E-state index contributed by atoms with van der Waals surface area (Å²) in [6.45, 7) is 4.25. The molecule has 0 spiro atoms. The highest BCUT2D eigenvalue weighted by Crippen LogP contribution is 2.10. The quantitative estimate of drug-likeness (QED) is 0.852. The summed E-state index contributed by atoms with van der Waals surface area (Å²) in [6.07, 6.45) is 0.936. The van der Waals surface area contributed by atoms with Crippen LogP contribution >= 0.6 is 0 Å². The van der Waals surface area contributed by atoms with E-state index in [4.69, 9.17) is 0 Å². The molecular formula is C18H19FN2O2. The zero-order chi connectivity index (χ0) is 16.8. The van der Waals surface area contributed by atoms with E-state index >= 15 is 0 Å². The van der Waals surface area contributed by atoms with E-state index in [0.717, 1.165) is 12.0 Å². The van der Waals surface area contributed by atoms with Crippen LogP contribution in [0.5, 0.6) is 0 Å². The summed E-state index contributed by atoms with van der Waals surface area (Å²) in [7, 11) is 0. The van der Waals surface area contributed by atoms with Crippen LogP contribution in [0.4, 0.5) is 4.39 Å². The second kappa shape index (κ2) is 7.54. The van der Waals surface area contributed by atoms with Crippen molar-refractivity contribution in [3.8, 4) is 0 Å². The molecule has 2 aromatic carbocycles. The first kappa shape index (κ1) is 16.7. The fourth-order valence-corrected chi connectivity index (χ4v) is 2.16. The molecular weight excluding hydrogens is 295 g/mol. The Morgan fingerprint density at radius 3 is 2.17 bits per heavy atom. The van der Waals surface area contributed by atoms with Crippen molar-refractivity contribution in [1.29, 1.82) is 0 Å². The average molecular weight is 314 g/mol. The van der Waals surface area contributed by atoms with Gasteiger partial charge in [0.15, 0.2) is 0 Å². The van der Waals surface area contributed by atoms with Gasteiger partial charge in [0.05, 0.1) is 5.56 Å². The molecule has 120 valence electrons. The standard InChI is InChI=1S/C18H19FN2O2/c1-12(2)11-13-7-9-14(10-8-13)17(22)20-21-18(23)15-5-3-4-6-16(15)19/h3-10,12H,11H2,1-2H3,(H,20,22)(H,21,23). The highest BCUT2D eigenvalue weighted by atomic mass is 19.1. The van der Waals surface area contributed by atoms with Crippen LogP contribution in [0.1, 0.15) is 40.1 Å². The minimum absolute atomic E-state index is 0.125. The molecule has 2 amide bonds. The smallest absolute Gasteiger partial charge is 0.267 e. The number of hydrogen-bond donors (Lipinski definition) is 2. The Bertz CT molecular complexity index is 696. The zero-order valence-corrected chi connectivity index (χ0v) is 13.1. The molecule has 0 saturated heterocycles. The third-order valence-corrected chi connectivity index (χ3v) is 3.27. The predicted molar refractivity (Wildman–Crippen MR) is 86.3 cm³/mol. The average Bonchev–Trinajstić information content (AvgIpc) is 2.53. The molecule has 0 unspecified atom stereocenters. The van der Waals surface area contributed by atoms with Gasteiger partial charge in [0.25, 0.3) is 11.8 Å². The molecule has 4 nitrogen and oxygen atoms in total. The third kappa shape index (κ3) is 4.64. The van der Waals surface area contributed by atoms with Crippen molar-refractivity contribution in [2.24, 2.45) is 5.92 Å². The molecule has 2 rings (SSSR count). The van der Waals surface area contributed by atoms with Crippen LogP contribution in [0.2, 0.25) is 0 Å². The number of hydrogen-bond acceptors (Lipinski definition) is 2.